The molecule has 2 N–H and O–H groups in total. The van der Waals surface area contributed by atoms with Crippen molar-refractivity contribution in [3.63, 3.8) is 0 Å². The highest BCUT2D eigenvalue weighted by molar-refractivity contribution is 6.00. The molecule has 5 heteroatoms. The van der Waals surface area contributed by atoms with Gasteiger partial charge in [0.15, 0.2) is 5.84 Å². The van der Waals surface area contributed by atoms with Gasteiger partial charge in [-0.2, -0.15) is 5.10 Å². The number of hydrogen-bond donors (Lipinski definition) is 2. The number of allylic oxidation sites excluding steroid dienone is 2. The number of aromatic amines is 1. The van der Waals surface area contributed by atoms with Gasteiger partial charge in [-0.15, -0.1) is 0 Å². The molecule has 24 heavy (non-hydrogen) atoms. The summed E-state index contributed by atoms with van der Waals surface area (Å²) in [6, 6.07) is 0.487. The van der Waals surface area contributed by atoms with Crippen LogP contribution in [-0.4, -0.2) is 46.1 Å². The van der Waals surface area contributed by atoms with Gasteiger partial charge in [-0.1, -0.05) is 36.6 Å². The molecule has 0 amide bonds. The SMILES string of the molecule is CCCCN1CCc2c(C3=NC4C=C(C)C(C)=CC4N3)n[nH]c2C1.[HH].[HH]. The van der Waals surface area contributed by atoms with Crippen molar-refractivity contribution in [1.29, 1.82) is 0 Å². The maximum Gasteiger partial charge on any atom is 0.150 e. The second-order valence-electron chi connectivity index (χ2n) is 7.25. The molecule has 4 rings (SSSR count). The van der Waals surface area contributed by atoms with Crippen molar-refractivity contribution in [3.05, 3.63) is 40.2 Å². The second kappa shape index (κ2) is 6.20. The van der Waals surface area contributed by atoms with Crippen LogP contribution in [-0.2, 0) is 13.0 Å². The first-order valence-electron chi connectivity index (χ1n) is 9.16. The number of hydrogen-bond acceptors (Lipinski definition) is 4. The highest BCUT2D eigenvalue weighted by Crippen LogP contribution is 2.27. The number of aliphatic imine (C=N–C) groups is 1. The van der Waals surface area contributed by atoms with Crippen molar-refractivity contribution in [3.8, 4) is 0 Å². The average Bonchev–Trinajstić information content (AvgIpc) is 3.16. The summed E-state index contributed by atoms with van der Waals surface area (Å²) >= 11 is 0. The van der Waals surface area contributed by atoms with Crippen LogP contribution in [0.3, 0.4) is 0 Å². The Kier molecular flexibility index (Phi) is 4.04. The number of unbranched alkanes of at least 4 members (excludes halogenated alkanes) is 1. The third-order valence-electron chi connectivity index (χ3n) is 5.49. The first kappa shape index (κ1) is 15.6. The van der Waals surface area contributed by atoms with E-state index in [-0.39, 0.29) is 14.9 Å². The van der Waals surface area contributed by atoms with E-state index in [4.69, 9.17) is 4.99 Å². The Balaban J connectivity index is 0.00000121. The smallest absolute Gasteiger partial charge is 0.150 e. The lowest BCUT2D eigenvalue weighted by molar-refractivity contribution is 0.247. The summed E-state index contributed by atoms with van der Waals surface area (Å²) in [6.45, 7) is 9.87. The first-order valence-corrected chi connectivity index (χ1v) is 9.16. The van der Waals surface area contributed by atoms with E-state index in [2.05, 4.69) is 53.3 Å². The van der Waals surface area contributed by atoms with E-state index in [9.17, 15) is 0 Å². The van der Waals surface area contributed by atoms with Crippen LogP contribution in [0.15, 0.2) is 28.3 Å². The molecular formula is C19H31N5. The number of rotatable bonds is 4. The van der Waals surface area contributed by atoms with E-state index in [0.29, 0.717) is 0 Å². The Morgan fingerprint density at radius 1 is 1.29 bits per heavy atom. The molecule has 5 nitrogen and oxygen atoms in total. The minimum absolute atomic E-state index is 0. The van der Waals surface area contributed by atoms with E-state index in [1.807, 2.05) is 0 Å². The van der Waals surface area contributed by atoms with E-state index in [1.54, 1.807) is 0 Å². The molecule has 0 aromatic carbocycles. The van der Waals surface area contributed by atoms with Crippen LogP contribution in [0.4, 0.5) is 0 Å². The molecule has 3 aliphatic rings. The zero-order valence-electron chi connectivity index (χ0n) is 14.9. The van der Waals surface area contributed by atoms with Crippen molar-refractivity contribution in [2.75, 3.05) is 13.1 Å². The molecular weight excluding hydrogens is 298 g/mol. The first-order chi connectivity index (χ1) is 11.7. The summed E-state index contributed by atoms with van der Waals surface area (Å²) in [5, 5.41) is 11.4. The molecule has 0 saturated carbocycles. The minimum Gasteiger partial charge on any atom is -0.360 e. The van der Waals surface area contributed by atoms with Gasteiger partial charge >= 0.3 is 0 Å². The minimum atomic E-state index is 0. The molecule has 0 fully saturated rings. The molecule has 1 aliphatic carbocycles. The van der Waals surface area contributed by atoms with E-state index < -0.39 is 0 Å². The summed E-state index contributed by atoms with van der Waals surface area (Å²) in [4.78, 5) is 7.43. The largest absolute Gasteiger partial charge is 0.360 e. The molecule has 132 valence electrons. The van der Waals surface area contributed by atoms with Crippen LogP contribution < -0.4 is 5.32 Å². The third-order valence-corrected chi connectivity index (χ3v) is 5.49. The van der Waals surface area contributed by atoms with E-state index >= 15 is 0 Å². The van der Waals surface area contributed by atoms with Crippen molar-refractivity contribution >= 4 is 5.84 Å². The second-order valence-corrected chi connectivity index (χ2v) is 7.25. The lowest BCUT2D eigenvalue weighted by atomic mass is 9.94. The fourth-order valence-electron chi connectivity index (χ4n) is 3.85. The maximum absolute atomic E-state index is 4.90. The molecule has 1 aromatic heterocycles. The van der Waals surface area contributed by atoms with Gasteiger partial charge in [0.05, 0.1) is 17.8 Å². The number of H-pyrrole nitrogens is 1. The highest BCUT2D eigenvalue weighted by atomic mass is 15.2. The topological polar surface area (TPSA) is 56.3 Å². The normalized spacial score (nSPS) is 26.2. The van der Waals surface area contributed by atoms with Crippen molar-refractivity contribution in [2.45, 2.75) is 58.7 Å². The van der Waals surface area contributed by atoms with Crippen LogP contribution in [0.1, 0.15) is 53.4 Å². The Labute approximate surface area is 146 Å². The summed E-state index contributed by atoms with van der Waals surface area (Å²) in [5.41, 5.74) is 6.33. The van der Waals surface area contributed by atoms with Crippen molar-refractivity contribution in [1.82, 2.24) is 20.4 Å². The maximum atomic E-state index is 4.90. The molecule has 2 unspecified atom stereocenters. The van der Waals surface area contributed by atoms with Crippen LogP contribution in [0.5, 0.6) is 0 Å². The quantitative estimate of drug-likeness (QED) is 0.892. The summed E-state index contributed by atoms with van der Waals surface area (Å²) < 4.78 is 0. The van der Waals surface area contributed by atoms with Crippen LogP contribution in [0, 0.1) is 0 Å². The third kappa shape index (κ3) is 2.71. The predicted octanol–water partition coefficient (Wildman–Crippen LogP) is 3.05. The molecule has 2 aliphatic heterocycles. The van der Waals surface area contributed by atoms with Gasteiger partial charge < -0.3 is 5.32 Å². The van der Waals surface area contributed by atoms with Crippen LogP contribution >= 0.6 is 0 Å². The van der Waals surface area contributed by atoms with Crippen LogP contribution in [0.2, 0.25) is 0 Å². The molecule has 0 bridgehead atoms. The summed E-state index contributed by atoms with van der Waals surface area (Å²) in [7, 11) is 0. The molecule has 3 heterocycles. The van der Waals surface area contributed by atoms with Crippen molar-refractivity contribution < 1.29 is 2.85 Å². The molecule has 0 saturated heterocycles. The van der Waals surface area contributed by atoms with Gasteiger partial charge in [0.25, 0.3) is 0 Å². The fraction of sp³-hybridized carbons (Fsp3) is 0.579. The molecule has 1 aromatic rings. The van der Waals surface area contributed by atoms with Gasteiger partial charge in [-0.05, 0) is 33.2 Å². The Morgan fingerprint density at radius 3 is 2.96 bits per heavy atom. The van der Waals surface area contributed by atoms with E-state index in [0.717, 1.165) is 31.0 Å². The summed E-state index contributed by atoms with van der Waals surface area (Å²) in [6.07, 6.45) is 8.14. The fourth-order valence-corrected chi connectivity index (χ4v) is 3.85. The number of nitrogens with one attached hydrogen (secondary N) is 2. The number of nitrogens with zero attached hydrogens (tertiary/aromatic N) is 3. The zero-order valence-corrected chi connectivity index (χ0v) is 14.9. The molecule has 0 spiro atoms. The number of fused-ring (bicyclic) bond motifs is 2. The van der Waals surface area contributed by atoms with Gasteiger partial charge in [-0.3, -0.25) is 15.0 Å². The Hall–Kier alpha value is -1.88. The van der Waals surface area contributed by atoms with Crippen LogP contribution in [0.25, 0.3) is 0 Å². The van der Waals surface area contributed by atoms with Crippen molar-refractivity contribution in [2.24, 2.45) is 4.99 Å². The Morgan fingerprint density at radius 2 is 2.12 bits per heavy atom. The van der Waals surface area contributed by atoms with E-state index in [1.165, 1.54) is 41.8 Å². The highest BCUT2D eigenvalue weighted by Gasteiger charge is 2.32. The lowest BCUT2D eigenvalue weighted by Crippen LogP contribution is -2.35. The Bertz CT molecular complexity index is 734. The van der Waals surface area contributed by atoms with Gasteiger partial charge in [0, 0.05) is 21.5 Å². The monoisotopic (exact) mass is 329 g/mol. The standard InChI is InChI=1S/C19H27N5.2H2/c1-4-5-7-24-8-6-14-17(11-24)22-23-18(14)19-20-15-9-12(2)13(3)10-16(15)21-19;;/h9-10,15-16H,4-8,11H2,1-3H3,(H,20,21)(H,22,23);2*1H. The zero-order chi connectivity index (χ0) is 16.7. The summed E-state index contributed by atoms with van der Waals surface area (Å²) in [5.74, 6) is 0.958. The van der Waals surface area contributed by atoms with Gasteiger partial charge in [0.2, 0.25) is 0 Å². The van der Waals surface area contributed by atoms with Gasteiger partial charge in [0.1, 0.15) is 5.69 Å². The van der Waals surface area contributed by atoms with Gasteiger partial charge in [-0.25, -0.2) is 0 Å². The number of aromatic nitrogens is 2. The lowest BCUT2D eigenvalue weighted by Gasteiger charge is -2.26. The molecule has 0 radical (unpaired) electrons. The number of amidine groups is 1. The molecule has 2 atom stereocenters. The average molecular weight is 329 g/mol. The predicted molar refractivity (Wildman–Crippen MR) is 101 cm³/mol.